The van der Waals surface area contributed by atoms with Gasteiger partial charge in [-0.25, -0.2) is 0 Å². The number of aromatic hydroxyl groups is 1. The van der Waals surface area contributed by atoms with Crippen LogP contribution in [-0.4, -0.2) is 16.9 Å². The number of nitrogens with one attached hydrogen (secondary N) is 2. The molecule has 2 aliphatic rings. The van der Waals surface area contributed by atoms with Gasteiger partial charge in [0.15, 0.2) is 0 Å². The molecular formula is C28H22Cl2N2O3. The van der Waals surface area contributed by atoms with Crippen LogP contribution >= 0.6 is 23.2 Å². The Hall–Kier alpha value is -3.54. The molecule has 7 heteroatoms. The number of halogens is 2. The van der Waals surface area contributed by atoms with E-state index in [9.17, 15) is 14.7 Å². The van der Waals surface area contributed by atoms with Crippen molar-refractivity contribution in [3.05, 3.63) is 86.4 Å². The van der Waals surface area contributed by atoms with E-state index in [1.54, 1.807) is 48.6 Å². The quantitative estimate of drug-likeness (QED) is 0.329. The van der Waals surface area contributed by atoms with Crippen LogP contribution in [0.4, 0.5) is 11.4 Å². The largest absolute Gasteiger partial charge is 0.507 e. The Balaban J connectivity index is 1.72. The molecule has 0 saturated carbocycles. The highest BCUT2D eigenvalue weighted by atomic mass is 35.5. The Morgan fingerprint density at radius 3 is 1.60 bits per heavy atom. The van der Waals surface area contributed by atoms with E-state index in [-0.39, 0.29) is 23.0 Å². The Morgan fingerprint density at radius 2 is 1.20 bits per heavy atom. The van der Waals surface area contributed by atoms with Crippen LogP contribution in [0.25, 0.3) is 23.3 Å². The SMILES string of the molecule is CC(C)(C)c1cc(/C=C2/C(=O)Nc3cccc(Cl)c32)c(O)c(/C=C2/C(=O)Nc3cccc(Cl)c32)c1. The Kier molecular flexibility index (Phi) is 5.50. The molecule has 176 valence electrons. The fourth-order valence-corrected chi connectivity index (χ4v) is 4.88. The van der Waals surface area contributed by atoms with Gasteiger partial charge in [0.2, 0.25) is 0 Å². The van der Waals surface area contributed by atoms with E-state index in [0.717, 1.165) is 5.56 Å². The number of amides is 2. The molecule has 3 aromatic carbocycles. The number of carbonyl (C=O) groups excluding carboxylic acids is 2. The summed E-state index contributed by atoms with van der Waals surface area (Å²) in [4.78, 5) is 25.5. The van der Waals surface area contributed by atoms with Gasteiger partial charge in [-0.15, -0.1) is 0 Å². The van der Waals surface area contributed by atoms with Gasteiger partial charge < -0.3 is 15.7 Å². The predicted molar refractivity (Wildman–Crippen MR) is 143 cm³/mol. The molecule has 5 nitrogen and oxygen atoms in total. The van der Waals surface area contributed by atoms with Crippen LogP contribution in [0.5, 0.6) is 5.75 Å². The molecule has 35 heavy (non-hydrogen) atoms. The third-order valence-corrected chi connectivity index (χ3v) is 6.82. The molecule has 0 spiro atoms. The highest BCUT2D eigenvalue weighted by Crippen LogP contribution is 2.43. The highest BCUT2D eigenvalue weighted by Gasteiger charge is 2.29. The monoisotopic (exact) mass is 504 g/mol. The normalized spacial score (nSPS) is 16.9. The molecule has 2 heterocycles. The summed E-state index contributed by atoms with van der Waals surface area (Å²) in [5.41, 5.74) is 4.69. The average Bonchev–Trinajstić information content (AvgIpc) is 3.27. The van der Waals surface area contributed by atoms with Gasteiger partial charge in [-0.2, -0.15) is 0 Å². The Bertz CT molecular complexity index is 1390. The van der Waals surface area contributed by atoms with Crippen molar-refractivity contribution in [3.63, 3.8) is 0 Å². The van der Waals surface area contributed by atoms with Gasteiger partial charge in [0.1, 0.15) is 5.75 Å². The molecule has 2 amide bonds. The summed E-state index contributed by atoms with van der Waals surface area (Å²) < 4.78 is 0. The average molecular weight is 505 g/mol. The van der Waals surface area contributed by atoms with Gasteiger partial charge in [0.25, 0.3) is 11.8 Å². The lowest BCUT2D eigenvalue weighted by Gasteiger charge is -2.21. The first-order chi connectivity index (χ1) is 16.5. The molecular weight excluding hydrogens is 483 g/mol. The smallest absolute Gasteiger partial charge is 0.256 e. The zero-order valence-corrected chi connectivity index (χ0v) is 20.8. The van der Waals surface area contributed by atoms with Gasteiger partial charge in [-0.3, -0.25) is 9.59 Å². The summed E-state index contributed by atoms with van der Waals surface area (Å²) in [5, 5.41) is 17.8. The van der Waals surface area contributed by atoms with Crippen molar-refractivity contribution in [2.24, 2.45) is 0 Å². The lowest BCUT2D eigenvalue weighted by Crippen LogP contribution is -2.12. The molecule has 5 rings (SSSR count). The minimum Gasteiger partial charge on any atom is -0.507 e. The molecule has 0 saturated heterocycles. The van der Waals surface area contributed by atoms with Gasteiger partial charge in [0, 0.05) is 22.3 Å². The van der Waals surface area contributed by atoms with E-state index >= 15 is 0 Å². The van der Waals surface area contributed by atoms with E-state index in [4.69, 9.17) is 23.2 Å². The van der Waals surface area contributed by atoms with Crippen LogP contribution < -0.4 is 10.6 Å². The van der Waals surface area contributed by atoms with Crippen molar-refractivity contribution in [1.82, 2.24) is 0 Å². The van der Waals surface area contributed by atoms with Crippen molar-refractivity contribution in [3.8, 4) is 5.75 Å². The number of hydrogen-bond acceptors (Lipinski definition) is 3. The third kappa shape index (κ3) is 4.01. The minimum atomic E-state index is -0.301. The molecule has 0 unspecified atom stereocenters. The summed E-state index contributed by atoms with van der Waals surface area (Å²) in [7, 11) is 0. The van der Waals surface area contributed by atoms with Gasteiger partial charge in [-0.1, -0.05) is 56.1 Å². The van der Waals surface area contributed by atoms with Crippen LogP contribution in [0.2, 0.25) is 10.0 Å². The molecule has 0 atom stereocenters. The lowest BCUT2D eigenvalue weighted by atomic mass is 9.84. The number of carbonyl (C=O) groups is 2. The second kappa shape index (κ2) is 8.29. The van der Waals surface area contributed by atoms with E-state index < -0.39 is 0 Å². The predicted octanol–water partition coefficient (Wildman–Crippen LogP) is 6.98. The zero-order chi connectivity index (χ0) is 25.1. The highest BCUT2D eigenvalue weighted by molar-refractivity contribution is 6.42. The maximum Gasteiger partial charge on any atom is 0.256 e. The summed E-state index contributed by atoms with van der Waals surface area (Å²) in [6, 6.07) is 14.2. The minimum absolute atomic E-state index is 0.0559. The lowest BCUT2D eigenvalue weighted by molar-refractivity contribution is -0.111. The van der Waals surface area contributed by atoms with Crippen molar-refractivity contribution in [1.29, 1.82) is 0 Å². The van der Waals surface area contributed by atoms with Crippen molar-refractivity contribution in [2.45, 2.75) is 26.2 Å². The first kappa shape index (κ1) is 23.2. The molecule has 0 aliphatic carbocycles. The number of phenols is 1. The van der Waals surface area contributed by atoms with Gasteiger partial charge in [0.05, 0.1) is 32.6 Å². The third-order valence-electron chi connectivity index (χ3n) is 6.19. The van der Waals surface area contributed by atoms with Gasteiger partial charge in [-0.05, 0) is 59.5 Å². The molecule has 0 fully saturated rings. The molecule has 3 aromatic rings. The van der Waals surface area contributed by atoms with Crippen LogP contribution in [0.15, 0.2) is 48.5 Å². The fourth-order valence-electron chi connectivity index (χ4n) is 4.33. The maximum absolute atomic E-state index is 12.8. The van der Waals surface area contributed by atoms with E-state index in [1.165, 1.54) is 0 Å². The van der Waals surface area contributed by atoms with Crippen LogP contribution in [0, 0.1) is 0 Å². The standard InChI is InChI=1S/C28H22Cl2N2O3/c1-28(2,3)16-10-14(12-17-23-19(29)6-4-8-21(23)31-26(17)34)25(33)15(11-16)13-18-24-20(30)7-5-9-22(24)32-27(18)35/h4-13,33H,1-3H3,(H,31,34)(H,32,35)/b17-12+,18-13+. The first-order valence-electron chi connectivity index (χ1n) is 11.1. The van der Waals surface area contributed by atoms with E-state index in [0.29, 0.717) is 54.8 Å². The zero-order valence-electron chi connectivity index (χ0n) is 19.3. The van der Waals surface area contributed by atoms with Crippen molar-refractivity contribution in [2.75, 3.05) is 10.6 Å². The number of rotatable bonds is 2. The number of fused-ring (bicyclic) bond motifs is 2. The molecule has 0 bridgehead atoms. The summed E-state index contributed by atoms with van der Waals surface area (Å²) in [5.74, 6) is -0.659. The van der Waals surface area contributed by atoms with Crippen LogP contribution in [0.3, 0.4) is 0 Å². The van der Waals surface area contributed by atoms with Crippen LogP contribution in [0.1, 0.15) is 48.6 Å². The molecule has 2 aliphatic heterocycles. The first-order valence-corrected chi connectivity index (χ1v) is 11.8. The second-order valence-corrected chi connectivity index (χ2v) is 10.4. The molecule has 0 aromatic heterocycles. The maximum atomic E-state index is 12.8. The van der Waals surface area contributed by atoms with E-state index in [2.05, 4.69) is 31.4 Å². The van der Waals surface area contributed by atoms with E-state index in [1.807, 2.05) is 12.1 Å². The summed E-state index contributed by atoms with van der Waals surface area (Å²) >= 11 is 12.8. The number of hydrogen-bond donors (Lipinski definition) is 3. The Morgan fingerprint density at radius 1 is 0.771 bits per heavy atom. The summed E-state index contributed by atoms with van der Waals surface area (Å²) in [6.07, 6.45) is 3.27. The van der Waals surface area contributed by atoms with Gasteiger partial charge >= 0.3 is 0 Å². The van der Waals surface area contributed by atoms with Crippen LogP contribution in [-0.2, 0) is 15.0 Å². The topological polar surface area (TPSA) is 78.4 Å². The molecule has 0 radical (unpaired) electrons. The molecule has 3 N–H and O–H groups in total. The number of phenolic OH excluding ortho intramolecular Hbond substituents is 1. The van der Waals surface area contributed by atoms with Crippen molar-refractivity contribution >= 4 is 69.7 Å². The Labute approximate surface area is 213 Å². The number of benzene rings is 3. The van der Waals surface area contributed by atoms with Crippen molar-refractivity contribution < 1.29 is 14.7 Å². The second-order valence-electron chi connectivity index (χ2n) is 9.60. The number of anilines is 2. The summed E-state index contributed by atoms with van der Waals surface area (Å²) in [6.45, 7) is 6.16. The fraction of sp³-hybridized carbons (Fsp3) is 0.143.